The SMILES string of the molecule is CCOC(=O)C(CC)N(C)CC1CCCC1O. The zero-order valence-corrected chi connectivity index (χ0v) is 11.2. The highest BCUT2D eigenvalue weighted by Gasteiger charge is 2.30. The minimum absolute atomic E-state index is 0.148. The first kappa shape index (κ1) is 14.5. The summed E-state index contributed by atoms with van der Waals surface area (Å²) in [6.07, 6.45) is 3.60. The quantitative estimate of drug-likeness (QED) is 0.717. The van der Waals surface area contributed by atoms with Crippen molar-refractivity contribution in [3.05, 3.63) is 0 Å². The lowest BCUT2D eigenvalue weighted by Crippen LogP contribution is -2.42. The lowest BCUT2D eigenvalue weighted by molar-refractivity contribution is -0.149. The van der Waals surface area contributed by atoms with Crippen molar-refractivity contribution in [2.75, 3.05) is 20.2 Å². The Morgan fingerprint density at radius 1 is 1.47 bits per heavy atom. The van der Waals surface area contributed by atoms with E-state index in [1.807, 2.05) is 25.8 Å². The van der Waals surface area contributed by atoms with E-state index in [9.17, 15) is 9.90 Å². The number of esters is 1. The Balaban J connectivity index is 2.48. The molecule has 0 aliphatic heterocycles. The van der Waals surface area contributed by atoms with E-state index in [0.717, 1.165) is 32.2 Å². The van der Waals surface area contributed by atoms with E-state index in [1.54, 1.807) is 0 Å². The van der Waals surface area contributed by atoms with Crippen molar-refractivity contribution < 1.29 is 14.6 Å². The highest BCUT2D eigenvalue weighted by atomic mass is 16.5. The van der Waals surface area contributed by atoms with Crippen LogP contribution in [0.1, 0.15) is 39.5 Å². The second kappa shape index (κ2) is 6.97. The van der Waals surface area contributed by atoms with Gasteiger partial charge < -0.3 is 9.84 Å². The van der Waals surface area contributed by atoms with Gasteiger partial charge in [-0.05, 0) is 39.2 Å². The van der Waals surface area contributed by atoms with Crippen LogP contribution in [0.25, 0.3) is 0 Å². The van der Waals surface area contributed by atoms with Crippen LogP contribution in [0.15, 0.2) is 0 Å². The number of aliphatic hydroxyl groups excluding tert-OH is 1. The molecule has 0 spiro atoms. The van der Waals surface area contributed by atoms with E-state index in [2.05, 4.69) is 0 Å². The van der Waals surface area contributed by atoms with Gasteiger partial charge in [0.05, 0.1) is 12.7 Å². The van der Waals surface area contributed by atoms with E-state index in [0.29, 0.717) is 12.5 Å². The predicted octanol–water partition coefficient (Wildman–Crippen LogP) is 1.42. The smallest absolute Gasteiger partial charge is 0.323 e. The number of carbonyl (C=O) groups excluding carboxylic acids is 1. The minimum atomic E-state index is -0.197. The van der Waals surface area contributed by atoms with Gasteiger partial charge in [-0.1, -0.05) is 13.3 Å². The van der Waals surface area contributed by atoms with E-state index >= 15 is 0 Å². The van der Waals surface area contributed by atoms with Gasteiger partial charge in [-0.15, -0.1) is 0 Å². The maximum Gasteiger partial charge on any atom is 0.323 e. The number of ether oxygens (including phenoxy) is 1. The normalized spacial score (nSPS) is 26.2. The van der Waals surface area contributed by atoms with Crippen molar-refractivity contribution in [2.24, 2.45) is 5.92 Å². The van der Waals surface area contributed by atoms with Gasteiger partial charge in [0.1, 0.15) is 6.04 Å². The van der Waals surface area contributed by atoms with Gasteiger partial charge in [-0.3, -0.25) is 9.69 Å². The Morgan fingerprint density at radius 3 is 2.65 bits per heavy atom. The summed E-state index contributed by atoms with van der Waals surface area (Å²) in [4.78, 5) is 13.8. The van der Waals surface area contributed by atoms with E-state index in [4.69, 9.17) is 4.74 Å². The van der Waals surface area contributed by atoms with Crippen LogP contribution in [0.2, 0.25) is 0 Å². The fourth-order valence-electron chi connectivity index (χ4n) is 2.62. The summed E-state index contributed by atoms with van der Waals surface area (Å²) >= 11 is 0. The fraction of sp³-hybridized carbons (Fsp3) is 0.923. The Labute approximate surface area is 104 Å². The molecule has 3 atom stereocenters. The minimum Gasteiger partial charge on any atom is -0.465 e. The summed E-state index contributed by atoms with van der Waals surface area (Å²) in [7, 11) is 1.94. The number of aliphatic hydroxyl groups is 1. The van der Waals surface area contributed by atoms with Crippen LogP contribution in [-0.4, -0.2) is 48.3 Å². The van der Waals surface area contributed by atoms with Gasteiger partial charge in [-0.25, -0.2) is 0 Å². The maximum absolute atomic E-state index is 11.7. The molecule has 0 bridgehead atoms. The van der Waals surface area contributed by atoms with E-state index in [1.165, 1.54) is 0 Å². The highest BCUT2D eigenvalue weighted by Crippen LogP contribution is 2.26. The maximum atomic E-state index is 11.7. The molecule has 100 valence electrons. The average molecular weight is 243 g/mol. The van der Waals surface area contributed by atoms with Crippen molar-refractivity contribution in [2.45, 2.75) is 51.7 Å². The molecule has 0 radical (unpaired) electrons. The Bertz CT molecular complexity index is 245. The molecular formula is C13H25NO3. The molecule has 3 unspecified atom stereocenters. The Kier molecular flexibility index (Phi) is 5.92. The number of hydrogen-bond donors (Lipinski definition) is 1. The summed E-state index contributed by atoms with van der Waals surface area (Å²) in [5.74, 6) is 0.161. The van der Waals surface area contributed by atoms with Crippen LogP contribution in [0.5, 0.6) is 0 Å². The molecule has 0 saturated heterocycles. The second-order valence-electron chi connectivity index (χ2n) is 4.87. The molecule has 4 nitrogen and oxygen atoms in total. The molecule has 1 aliphatic carbocycles. The van der Waals surface area contributed by atoms with Gasteiger partial charge in [0.2, 0.25) is 0 Å². The second-order valence-corrected chi connectivity index (χ2v) is 4.87. The lowest BCUT2D eigenvalue weighted by atomic mass is 10.0. The van der Waals surface area contributed by atoms with Crippen molar-refractivity contribution in [3.63, 3.8) is 0 Å². The van der Waals surface area contributed by atoms with Crippen molar-refractivity contribution >= 4 is 5.97 Å². The predicted molar refractivity (Wildman–Crippen MR) is 66.7 cm³/mol. The Morgan fingerprint density at radius 2 is 2.18 bits per heavy atom. The van der Waals surface area contributed by atoms with Crippen molar-refractivity contribution in [1.82, 2.24) is 4.90 Å². The van der Waals surface area contributed by atoms with Gasteiger partial charge >= 0.3 is 5.97 Å². The molecular weight excluding hydrogens is 218 g/mol. The molecule has 1 rings (SSSR count). The van der Waals surface area contributed by atoms with Gasteiger partial charge in [0.15, 0.2) is 0 Å². The molecule has 0 aromatic carbocycles. The highest BCUT2D eigenvalue weighted by molar-refractivity contribution is 5.75. The molecule has 0 aromatic rings. The van der Waals surface area contributed by atoms with Crippen molar-refractivity contribution in [3.8, 4) is 0 Å². The third kappa shape index (κ3) is 3.96. The molecule has 1 aliphatic rings. The number of rotatable bonds is 6. The number of carbonyl (C=O) groups is 1. The summed E-state index contributed by atoms with van der Waals surface area (Å²) in [6, 6.07) is -0.178. The molecule has 17 heavy (non-hydrogen) atoms. The van der Waals surface area contributed by atoms with Crippen LogP contribution in [0.3, 0.4) is 0 Å². The number of nitrogens with zero attached hydrogens (tertiary/aromatic N) is 1. The monoisotopic (exact) mass is 243 g/mol. The first-order valence-corrected chi connectivity index (χ1v) is 6.65. The summed E-state index contributed by atoms with van der Waals surface area (Å²) in [5, 5.41) is 9.79. The third-order valence-corrected chi connectivity index (χ3v) is 3.62. The topological polar surface area (TPSA) is 49.8 Å². The molecule has 1 N–H and O–H groups in total. The fourth-order valence-corrected chi connectivity index (χ4v) is 2.62. The first-order valence-electron chi connectivity index (χ1n) is 6.65. The summed E-state index contributed by atoms with van der Waals surface area (Å²) in [6.45, 7) is 5.02. The number of hydrogen-bond acceptors (Lipinski definition) is 4. The van der Waals surface area contributed by atoms with Gasteiger partial charge in [-0.2, -0.15) is 0 Å². The molecule has 1 saturated carbocycles. The molecule has 1 fully saturated rings. The summed E-state index contributed by atoms with van der Waals surface area (Å²) < 4.78 is 5.06. The molecule has 0 aromatic heterocycles. The lowest BCUT2D eigenvalue weighted by Gasteiger charge is -2.28. The van der Waals surface area contributed by atoms with E-state index < -0.39 is 0 Å². The largest absolute Gasteiger partial charge is 0.465 e. The molecule has 0 heterocycles. The summed E-state index contributed by atoms with van der Waals surface area (Å²) in [5.41, 5.74) is 0. The number of likely N-dealkylation sites (N-methyl/N-ethyl adjacent to an activating group) is 1. The van der Waals surface area contributed by atoms with Crippen LogP contribution >= 0.6 is 0 Å². The Hall–Kier alpha value is -0.610. The van der Waals surface area contributed by atoms with Gasteiger partial charge in [0.25, 0.3) is 0 Å². The first-order chi connectivity index (χ1) is 8.10. The van der Waals surface area contributed by atoms with Crippen LogP contribution < -0.4 is 0 Å². The standard InChI is InChI=1S/C13H25NO3/c1-4-11(13(16)17-5-2)14(3)9-10-7-6-8-12(10)15/h10-12,15H,4-9H2,1-3H3. The van der Waals surface area contributed by atoms with Crippen LogP contribution in [0.4, 0.5) is 0 Å². The van der Waals surface area contributed by atoms with E-state index in [-0.39, 0.29) is 18.1 Å². The van der Waals surface area contributed by atoms with Crippen LogP contribution in [-0.2, 0) is 9.53 Å². The molecule has 0 amide bonds. The van der Waals surface area contributed by atoms with Crippen LogP contribution in [0, 0.1) is 5.92 Å². The molecule has 4 heteroatoms. The zero-order chi connectivity index (χ0) is 12.8. The zero-order valence-electron chi connectivity index (χ0n) is 11.2. The van der Waals surface area contributed by atoms with Gasteiger partial charge in [0, 0.05) is 6.54 Å². The van der Waals surface area contributed by atoms with Crippen molar-refractivity contribution in [1.29, 1.82) is 0 Å². The average Bonchev–Trinajstić information content (AvgIpc) is 2.66. The third-order valence-electron chi connectivity index (χ3n) is 3.62.